The molecule has 0 bridgehead atoms. The number of hydrogen-bond acceptors (Lipinski definition) is 3. The van der Waals surface area contributed by atoms with Gasteiger partial charge in [0.25, 0.3) is 0 Å². The molecule has 0 atom stereocenters. The van der Waals surface area contributed by atoms with Gasteiger partial charge in [-0.25, -0.2) is 0 Å². The van der Waals surface area contributed by atoms with Crippen LogP contribution in [0.4, 0.5) is 0 Å². The molecule has 0 saturated heterocycles. The lowest BCUT2D eigenvalue weighted by Crippen LogP contribution is -2.14. The molecule has 0 saturated carbocycles. The Bertz CT molecular complexity index is 583. The molecule has 0 aliphatic heterocycles. The molecule has 0 spiro atoms. The molecular weight excluding hydrogens is 278 g/mol. The van der Waals surface area contributed by atoms with Gasteiger partial charge < -0.3 is 10.1 Å². The summed E-state index contributed by atoms with van der Waals surface area (Å²) in [5.74, 6) is 0.901. The predicted octanol–water partition coefficient (Wildman–Crippen LogP) is 4.65. The molecule has 0 fully saturated rings. The molecule has 0 aliphatic rings. The van der Waals surface area contributed by atoms with E-state index in [1.54, 1.807) is 18.9 Å². The first-order valence-corrected chi connectivity index (χ1v) is 8.16. The van der Waals surface area contributed by atoms with E-state index in [0.29, 0.717) is 0 Å². The van der Waals surface area contributed by atoms with Crippen molar-refractivity contribution in [2.24, 2.45) is 0 Å². The maximum Gasteiger partial charge on any atom is 0.119 e. The smallest absolute Gasteiger partial charge is 0.119 e. The van der Waals surface area contributed by atoms with Crippen LogP contribution in [0.3, 0.4) is 0 Å². The van der Waals surface area contributed by atoms with Gasteiger partial charge in [-0.05, 0) is 49.7 Å². The molecule has 0 aromatic heterocycles. The van der Waals surface area contributed by atoms with Gasteiger partial charge in [-0.15, -0.1) is 0 Å². The van der Waals surface area contributed by atoms with Crippen molar-refractivity contribution in [2.45, 2.75) is 36.6 Å². The van der Waals surface area contributed by atoms with Crippen molar-refractivity contribution in [3.63, 3.8) is 0 Å². The third kappa shape index (κ3) is 4.80. The maximum absolute atomic E-state index is 5.30. The zero-order valence-electron chi connectivity index (χ0n) is 13.0. The zero-order valence-corrected chi connectivity index (χ0v) is 13.8. The number of rotatable bonds is 7. The third-order valence-electron chi connectivity index (χ3n) is 3.23. The second kappa shape index (κ2) is 8.11. The van der Waals surface area contributed by atoms with E-state index in [9.17, 15) is 0 Å². The average molecular weight is 301 g/mol. The normalized spacial score (nSPS) is 10.6. The van der Waals surface area contributed by atoms with E-state index >= 15 is 0 Å². The molecule has 0 aliphatic carbocycles. The van der Waals surface area contributed by atoms with Gasteiger partial charge in [-0.3, -0.25) is 0 Å². The van der Waals surface area contributed by atoms with Crippen LogP contribution in [0.5, 0.6) is 5.75 Å². The predicted molar refractivity (Wildman–Crippen MR) is 90.3 cm³/mol. The molecule has 2 aromatic carbocycles. The van der Waals surface area contributed by atoms with Crippen molar-refractivity contribution in [2.75, 3.05) is 13.7 Å². The third-order valence-corrected chi connectivity index (χ3v) is 4.34. The summed E-state index contributed by atoms with van der Waals surface area (Å²) in [5.41, 5.74) is 2.66. The van der Waals surface area contributed by atoms with Crippen LogP contribution < -0.4 is 10.1 Å². The number of methoxy groups -OCH3 is 1. The van der Waals surface area contributed by atoms with E-state index in [1.807, 2.05) is 12.1 Å². The standard InChI is InChI=1S/C18H23NOS/c1-4-10-19-13-15-11-14(2)8-9-18(15)21-17-7-5-6-16(12-17)20-3/h5-9,11-12,19H,4,10,13H2,1-3H3. The lowest BCUT2D eigenvalue weighted by molar-refractivity contribution is 0.413. The maximum atomic E-state index is 5.30. The minimum Gasteiger partial charge on any atom is -0.497 e. The van der Waals surface area contributed by atoms with E-state index in [0.717, 1.165) is 25.3 Å². The first-order chi connectivity index (χ1) is 10.2. The van der Waals surface area contributed by atoms with Crippen LogP contribution in [-0.2, 0) is 6.54 Å². The van der Waals surface area contributed by atoms with E-state index in [1.165, 1.54) is 20.9 Å². The van der Waals surface area contributed by atoms with E-state index in [-0.39, 0.29) is 0 Å². The first-order valence-electron chi connectivity index (χ1n) is 7.35. The molecule has 2 rings (SSSR count). The Morgan fingerprint density at radius 1 is 1.14 bits per heavy atom. The SMILES string of the molecule is CCCNCc1cc(C)ccc1Sc1cccc(OC)c1. The molecular formula is C18H23NOS. The average Bonchev–Trinajstić information content (AvgIpc) is 2.50. The minimum atomic E-state index is 0.901. The van der Waals surface area contributed by atoms with Crippen LogP contribution in [0.25, 0.3) is 0 Å². The summed E-state index contributed by atoms with van der Waals surface area (Å²) in [6, 6.07) is 14.9. The van der Waals surface area contributed by atoms with Crippen molar-refractivity contribution < 1.29 is 4.74 Å². The lowest BCUT2D eigenvalue weighted by Gasteiger charge is -2.12. The van der Waals surface area contributed by atoms with E-state index in [2.05, 4.69) is 49.5 Å². The summed E-state index contributed by atoms with van der Waals surface area (Å²) < 4.78 is 5.30. The zero-order chi connectivity index (χ0) is 15.1. The van der Waals surface area contributed by atoms with Crippen LogP contribution in [0.1, 0.15) is 24.5 Å². The summed E-state index contributed by atoms with van der Waals surface area (Å²) in [6.07, 6.45) is 1.16. The highest BCUT2D eigenvalue weighted by atomic mass is 32.2. The summed E-state index contributed by atoms with van der Waals surface area (Å²) in [7, 11) is 1.70. The number of ether oxygens (including phenoxy) is 1. The van der Waals surface area contributed by atoms with Crippen molar-refractivity contribution in [1.29, 1.82) is 0 Å². The lowest BCUT2D eigenvalue weighted by atomic mass is 10.1. The first kappa shape index (κ1) is 15.9. The van der Waals surface area contributed by atoms with Gasteiger partial charge in [0, 0.05) is 16.3 Å². The summed E-state index contributed by atoms with van der Waals surface area (Å²) >= 11 is 1.79. The van der Waals surface area contributed by atoms with Gasteiger partial charge in [-0.2, -0.15) is 0 Å². The summed E-state index contributed by atoms with van der Waals surface area (Å²) in [4.78, 5) is 2.51. The van der Waals surface area contributed by atoms with E-state index < -0.39 is 0 Å². The molecule has 21 heavy (non-hydrogen) atoms. The van der Waals surface area contributed by atoms with Crippen LogP contribution in [-0.4, -0.2) is 13.7 Å². The fraction of sp³-hybridized carbons (Fsp3) is 0.333. The molecule has 2 aromatic rings. The van der Waals surface area contributed by atoms with Crippen LogP contribution in [0.15, 0.2) is 52.3 Å². The number of benzene rings is 2. The largest absolute Gasteiger partial charge is 0.497 e. The molecule has 0 unspecified atom stereocenters. The molecule has 1 N–H and O–H groups in total. The van der Waals surface area contributed by atoms with Crippen LogP contribution in [0.2, 0.25) is 0 Å². The van der Waals surface area contributed by atoms with Crippen molar-refractivity contribution in [3.05, 3.63) is 53.6 Å². The highest BCUT2D eigenvalue weighted by molar-refractivity contribution is 7.99. The van der Waals surface area contributed by atoms with Gasteiger partial charge in [0.1, 0.15) is 5.75 Å². The number of aryl methyl sites for hydroxylation is 1. The summed E-state index contributed by atoms with van der Waals surface area (Å²) in [5, 5.41) is 3.49. The van der Waals surface area contributed by atoms with Gasteiger partial charge >= 0.3 is 0 Å². The second-order valence-corrected chi connectivity index (χ2v) is 6.18. The quantitative estimate of drug-likeness (QED) is 0.752. The molecule has 3 heteroatoms. The Hall–Kier alpha value is -1.45. The van der Waals surface area contributed by atoms with Gasteiger partial charge in [-0.1, -0.05) is 42.4 Å². The fourth-order valence-electron chi connectivity index (χ4n) is 2.14. The Kier molecular flexibility index (Phi) is 6.15. The molecule has 112 valence electrons. The molecule has 0 heterocycles. The highest BCUT2D eigenvalue weighted by Crippen LogP contribution is 2.32. The van der Waals surface area contributed by atoms with Crippen LogP contribution in [0, 0.1) is 6.92 Å². The molecule has 0 radical (unpaired) electrons. The summed E-state index contributed by atoms with van der Waals surface area (Å²) in [6.45, 7) is 6.30. The van der Waals surface area contributed by atoms with Gasteiger partial charge in [0.15, 0.2) is 0 Å². The van der Waals surface area contributed by atoms with E-state index in [4.69, 9.17) is 4.74 Å². The topological polar surface area (TPSA) is 21.3 Å². The second-order valence-electron chi connectivity index (χ2n) is 5.07. The Morgan fingerprint density at radius 3 is 2.76 bits per heavy atom. The Morgan fingerprint density at radius 2 is 2.00 bits per heavy atom. The molecule has 0 amide bonds. The highest BCUT2D eigenvalue weighted by Gasteiger charge is 2.06. The van der Waals surface area contributed by atoms with Crippen LogP contribution >= 0.6 is 11.8 Å². The minimum absolute atomic E-state index is 0.901. The van der Waals surface area contributed by atoms with Gasteiger partial charge in [0.2, 0.25) is 0 Å². The Labute approximate surface area is 131 Å². The van der Waals surface area contributed by atoms with Gasteiger partial charge in [0.05, 0.1) is 7.11 Å². The fourth-order valence-corrected chi connectivity index (χ4v) is 3.11. The van der Waals surface area contributed by atoms with Crippen molar-refractivity contribution in [3.8, 4) is 5.75 Å². The van der Waals surface area contributed by atoms with Crippen molar-refractivity contribution in [1.82, 2.24) is 5.32 Å². The number of hydrogen-bond donors (Lipinski definition) is 1. The Balaban J connectivity index is 2.17. The van der Waals surface area contributed by atoms with Crippen molar-refractivity contribution >= 4 is 11.8 Å². The monoisotopic (exact) mass is 301 g/mol. The molecule has 2 nitrogen and oxygen atoms in total. The number of nitrogens with one attached hydrogen (secondary N) is 1.